The maximum Gasteiger partial charge on any atom is 0.416 e. The zero-order valence-corrected chi connectivity index (χ0v) is 20.5. The van der Waals surface area contributed by atoms with E-state index >= 15 is 0 Å². The lowest BCUT2D eigenvalue weighted by molar-refractivity contribution is -0.138. The zero-order valence-electron chi connectivity index (χ0n) is 20.5. The number of halogens is 7. The normalized spacial score (nSPS) is 12.5. The number of carbonyl (C=O) groups is 1. The van der Waals surface area contributed by atoms with Crippen LogP contribution in [0, 0.1) is 5.82 Å². The van der Waals surface area contributed by atoms with E-state index < -0.39 is 40.8 Å². The number of carbonyl (C=O) groups excluding carboxylic acids is 1. The Morgan fingerprint density at radius 1 is 0.730 bits per heavy atom. The third-order valence-electron chi connectivity index (χ3n) is 5.93. The van der Waals surface area contributed by atoms with Gasteiger partial charge in [-0.15, -0.1) is 0 Å². The summed E-state index contributed by atoms with van der Waals surface area (Å²) in [5.41, 5.74) is -1.00. The van der Waals surface area contributed by atoms with Crippen molar-refractivity contribution in [1.29, 1.82) is 0 Å². The van der Waals surface area contributed by atoms with Crippen molar-refractivity contribution in [3.05, 3.63) is 106 Å². The van der Waals surface area contributed by atoms with Crippen LogP contribution in [-0.4, -0.2) is 17.4 Å². The summed E-state index contributed by atoms with van der Waals surface area (Å²) in [5.74, 6) is -2.11. The third-order valence-corrected chi connectivity index (χ3v) is 5.93. The quantitative estimate of drug-likeness (QED) is 0.298. The Morgan fingerprint density at radius 3 is 1.86 bits per heavy atom. The summed E-state index contributed by atoms with van der Waals surface area (Å²) in [7, 11) is 0. The van der Waals surface area contributed by atoms with Crippen LogP contribution < -0.4 is 0 Å². The maximum atomic E-state index is 14.5. The molecule has 0 aliphatic heterocycles. The Kier molecular flexibility index (Phi) is 8.05. The summed E-state index contributed by atoms with van der Waals surface area (Å²) < 4.78 is 93.4. The van der Waals surface area contributed by atoms with Crippen LogP contribution in [0.15, 0.2) is 66.7 Å². The van der Waals surface area contributed by atoms with Crippen LogP contribution in [0.3, 0.4) is 0 Å². The number of alkyl halides is 6. The summed E-state index contributed by atoms with van der Waals surface area (Å²) in [6.45, 7) is 5.84. The van der Waals surface area contributed by atoms with E-state index in [1.54, 1.807) is 12.1 Å². The Bertz CT molecular complexity index is 1240. The monoisotopic (exact) mass is 525 g/mol. The lowest BCUT2D eigenvalue weighted by Gasteiger charge is -2.25. The smallest absolute Gasteiger partial charge is 0.334 e. The van der Waals surface area contributed by atoms with Gasteiger partial charge in [-0.2, -0.15) is 26.3 Å². The summed E-state index contributed by atoms with van der Waals surface area (Å²) in [4.78, 5) is 14.4. The van der Waals surface area contributed by atoms with E-state index in [-0.39, 0.29) is 30.5 Å². The average molecular weight is 526 g/mol. The molecular weight excluding hydrogens is 499 g/mol. The van der Waals surface area contributed by atoms with Gasteiger partial charge >= 0.3 is 12.4 Å². The molecule has 0 saturated carbocycles. The van der Waals surface area contributed by atoms with Gasteiger partial charge in [-0.05, 0) is 52.8 Å². The van der Waals surface area contributed by atoms with Crippen LogP contribution in [0.4, 0.5) is 30.7 Å². The second-order valence-electron chi connectivity index (χ2n) is 9.81. The van der Waals surface area contributed by atoms with Gasteiger partial charge in [0.1, 0.15) is 5.82 Å². The summed E-state index contributed by atoms with van der Waals surface area (Å²) >= 11 is 0. The number of benzene rings is 3. The predicted molar refractivity (Wildman–Crippen MR) is 126 cm³/mol. The molecule has 0 unspecified atom stereocenters. The fraction of sp³-hybridized carbons (Fsp3) is 0.321. The molecule has 1 amide bonds. The molecule has 2 nitrogen and oxygen atoms in total. The first-order valence-electron chi connectivity index (χ1n) is 11.5. The molecule has 0 radical (unpaired) electrons. The molecule has 0 aliphatic carbocycles. The number of hydrogen-bond acceptors (Lipinski definition) is 1. The standard InChI is InChI=1S/C28H26F7NO/c1-26(2,3)20-9-7-19(8-10-20)17-36(14-13-18-5-4-6-21(15-18)27(30,31)32)25(37)23-16-22(28(33,34)35)11-12-24(23)29/h4-12,15-16H,13-14,17H2,1-3H3. The van der Waals surface area contributed by atoms with Crippen molar-refractivity contribution >= 4 is 5.91 Å². The molecule has 0 spiro atoms. The molecule has 0 fully saturated rings. The van der Waals surface area contributed by atoms with Gasteiger partial charge in [0, 0.05) is 13.1 Å². The van der Waals surface area contributed by atoms with Crippen LogP contribution in [0.1, 0.15) is 58.9 Å². The van der Waals surface area contributed by atoms with Crippen molar-refractivity contribution in [3.63, 3.8) is 0 Å². The molecular formula is C28H26F7NO. The highest BCUT2D eigenvalue weighted by Crippen LogP contribution is 2.32. The van der Waals surface area contributed by atoms with Crippen molar-refractivity contribution in [2.75, 3.05) is 6.54 Å². The van der Waals surface area contributed by atoms with E-state index in [1.807, 2.05) is 32.9 Å². The molecule has 3 aromatic carbocycles. The van der Waals surface area contributed by atoms with Gasteiger partial charge in [-0.3, -0.25) is 4.79 Å². The van der Waals surface area contributed by atoms with E-state index in [0.717, 1.165) is 22.6 Å². The van der Waals surface area contributed by atoms with Crippen molar-refractivity contribution in [1.82, 2.24) is 4.90 Å². The highest BCUT2D eigenvalue weighted by atomic mass is 19.4. The molecule has 0 N–H and O–H groups in total. The van der Waals surface area contributed by atoms with Gasteiger partial charge in [0.05, 0.1) is 16.7 Å². The van der Waals surface area contributed by atoms with E-state index in [1.165, 1.54) is 12.1 Å². The van der Waals surface area contributed by atoms with Crippen LogP contribution in [-0.2, 0) is 30.7 Å². The number of hydrogen-bond donors (Lipinski definition) is 0. The second kappa shape index (κ2) is 10.6. The van der Waals surface area contributed by atoms with Gasteiger partial charge in [-0.1, -0.05) is 63.2 Å². The third kappa shape index (κ3) is 7.33. The minimum atomic E-state index is -4.78. The van der Waals surface area contributed by atoms with Gasteiger partial charge in [0.25, 0.3) is 5.91 Å². The van der Waals surface area contributed by atoms with Gasteiger partial charge in [0.2, 0.25) is 0 Å². The SMILES string of the molecule is CC(C)(C)c1ccc(CN(CCc2cccc(C(F)(F)F)c2)C(=O)c2cc(C(F)(F)F)ccc2F)cc1. The van der Waals surface area contributed by atoms with E-state index in [2.05, 4.69) is 0 Å². The Balaban J connectivity index is 1.93. The topological polar surface area (TPSA) is 20.3 Å². The largest absolute Gasteiger partial charge is 0.416 e. The molecule has 198 valence electrons. The molecule has 0 heterocycles. The molecule has 0 saturated heterocycles. The fourth-order valence-electron chi connectivity index (χ4n) is 3.79. The average Bonchev–Trinajstić information content (AvgIpc) is 2.80. The molecule has 3 aromatic rings. The van der Waals surface area contributed by atoms with Gasteiger partial charge < -0.3 is 4.90 Å². The van der Waals surface area contributed by atoms with Gasteiger partial charge in [-0.25, -0.2) is 4.39 Å². The van der Waals surface area contributed by atoms with E-state index in [0.29, 0.717) is 23.8 Å². The van der Waals surface area contributed by atoms with Crippen molar-refractivity contribution in [2.45, 2.75) is 51.5 Å². The Hall–Kier alpha value is -3.36. The minimum Gasteiger partial charge on any atom is -0.334 e. The second-order valence-corrected chi connectivity index (χ2v) is 9.81. The van der Waals surface area contributed by atoms with Crippen molar-refractivity contribution in [2.24, 2.45) is 0 Å². The lowest BCUT2D eigenvalue weighted by atomic mass is 9.87. The number of rotatable bonds is 6. The Labute approximate surface area is 210 Å². The molecule has 37 heavy (non-hydrogen) atoms. The first-order chi connectivity index (χ1) is 17.1. The van der Waals surface area contributed by atoms with Crippen LogP contribution in [0.5, 0.6) is 0 Å². The zero-order chi connectivity index (χ0) is 27.6. The van der Waals surface area contributed by atoms with E-state index in [9.17, 15) is 35.5 Å². The highest BCUT2D eigenvalue weighted by molar-refractivity contribution is 5.94. The summed E-state index contributed by atoms with van der Waals surface area (Å²) in [5, 5.41) is 0. The first kappa shape index (κ1) is 28.2. The maximum absolute atomic E-state index is 14.5. The summed E-state index contributed by atoms with van der Waals surface area (Å²) in [6, 6.07) is 13.4. The molecule has 0 aliphatic rings. The Morgan fingerprint density at radius 2 is 1.30 bits per heavy atom. The number of amides is 1. The lowest BCUT2D eigenvalue weighted by Crippen LogP contribution is -2.33. The van der Waals surface area contributed by atoms with Crippen LogP contribution in [0.2, 0.25) is 0 Å². The number of nitrogens with zero attached hydrogens (tertiary/aromatic N) is 1. The molecule has 0 atom stereocenters. The van der Waals surface area contributed by atoms with Crippen molar-refractivity contribution in [3.8, 4) is 0 Å². The minimum absolute atomic E-state index is 0.0175. The molecule has 0 aromatic heterocycles. The van der Waals surface area contributed by atoms with Gasteiger partial charge in [0.15, 0.2) is 0 Å². The summed E-state index contributed by atoms with van der Waals surface area (Å²) in [6.07, 6.45) is -9.35. The molecule has 9 heteroatoms. The first-order valence-corrected chi connectivity index (χ1v) is 11.5. The van der Waals surface area contributed by atoms with E-state index in [4.69, 9.17) is 0 Å². The fourth-order valence-corrected chi connectivity index (χ4v) is 3.79. The molecule has 3 rings (SSSR count). The van der Waals surface area contributed by atoms with Crippen LogP contribution in [0.25, 0.3) is 0 Å². The highest BCUT2D eigenvalue weighted by Gasteiger charge is 2.33. The van der Waals surface area contributed by atoms with Crippen molar-refractivity contribution < 1.29 is 35.5 Å². The predicted octanol–water partition coefficient (Wildman–Crippen LogP) is 8.05. The molecule has 0 bridgehead atoms. The van der Waals surface area contributed by atoms with Crippen LogP contribution >= 0.6 is 0 Å².